The number of benzene rings is 2. The van der Waals surface area contributed by atoms with Crippen molar-refractivity contribution in [2.75, 3.05) is 13.7 Å². The molecule has 0 aliphatic carbocycles. The molecule has 1 amide bonds. The van der Waals surface area contributed by atoms with Gasteiger partial charge in [0.2, 0.25) is 5.91 Å². The Labute approximate surface area is 196 Å². The van der Waals surface area contributed by atoms with Gasteiger partial charge in [-0.2, -0.15) is 0 Å². The second-order valence-corrected chi connectivity index (χ2v) is 8.18. The van der Waals surface area contributed by atoms with Crippen LogP contribution >= 0.6 is 0 Å². The van der Waals surface area contributed by atoms with E-state index in [-0.39, 0.29) is 11.9 Å². The average molecular weight is 450 g/mol. The molecule has 1 N–H and O–H groups in total. The Morgan fingerprint density at radius 3 is 2.79 bits per heavy atom. The molecule has 1 aromatic heterocycles. The van der Waals surface area contributed by atoms with Crippen LogP contribution in [-0.2, 0) is 17.8 Å². The number of aromatic nitrogens is 2. The van der Waals surface area contributed by atoms with E-state index in [2.05, 4.69) is 22.5 Å². The van der Waals surface area contributed by atoms with Gasteiger partial charge in [0, 0.05) is 13.0 Å². The van der Waals surface area contributed by atoms with Gasteiger partial charge in [-0.3, -0.25) is 4.79 Å². The summed E-state index contributed by atoms with van der Waals surface area (Å²) in [6, 6.07) is 14.0. The molecule has 0 bridgehead atoms. The van der Waals surface area contributed by atoms with Crippen molar-refractivity contribution in [2.45, 2.75) is 58.5 Å². The number of carbonyl (C=O) groups excluding carboxylic acids is 1. The lowest BCUT2D eigenvalue weighted by Gasteiger charge is -2.16. The summed E-state index contributed by atoms with van der Waals surface area (Å²) in [5.41, 5.74) is 3.18. The molecule has 1 heterocycles. The van der Waals surface area contributed by atoms with E-state index in [1.54, 1.807) is 7.11 Å². The maximum atomic E-state index is 12.1. The molecule has 0 aliphatic rings. The summed E-state index contributed by atoms with van der Waals surface area (Å²) in [6.07, 6.45) is 5.85. The molecule has 1 atom stereocenters. The van der Waals surface area contributed by atoms with Crippen molar-refractivity contribution in [3.8, 4) is 11.5 Å². The fourth-order valence-electron chi connectivity index (χ4n) is 3.94. The Balaban J connectivity index is 1.62. The average Bonchev–Trinajstić information content (AvgIpc) is 3.18. The van der Waals surface area contributed by atoms with Crippen LogP contribution in [0.4, 0.5) is 0 Å². The van der Waals surface area contributed by atoms with Gasteiger partial charge in [0.1, 0.15) is 5.82 Å². The molecule has 0 spiro atoms. The summed E-state index contributed by atoms with van der Waals surface area (Å²) in [6.45, 7) is 9.19. The van der Waals surface area contributed by atoms with Gasteiger partial charge in [-0.05, 0) is 62.4 Å². The number of carbonyl (C=O) groups is 1. The zero-order valence-corrected chi connectivity index (χ0v) is 20.0. The maximum Gasteiger partial charge on any atom is 0.220 e. The van der Waals surface area contributed by atoms with Gasteiger partial charge < -0.3 is 19.4 Å². The van der Waals surface area contributed by atoms with Crippen LogP contribution in [0.2, 0.25) is 0 Å². The minimum absolute atomic E-state index is 0.0602. The molecular formula is C27H35N3O3. The number of allylic oxidation sites excluding steroid dienone is 1. The van der Waals surface area contributed by atoms with Crippen molar-refractivity contribution in [1.82, 2.24) is 14.9 Å². The van der Waals surface area contributed by atoms with Crippen molar-refractivity contribution in [2.24, 2.45) is 0 Å². The zero-order valence-electron chi connectivity index (χ0n) is 20.0. The number of unbranched alkanes of at least 4 members (excludes halogenated alkanes) is 1. The Morgan fingerprint density at radius 1 is 1.21 bits per heavy atom. The molecule has 2 aromatic carbocycles. The van der Waals surface area contributed by atoms with E-state index in [1.165, 1.54) is 0 Å². The van der Waals surface area contributed by atoms with E-state index in [9.17, 15) is 4.79 Å². The molecule has 0 saturated heterocycles. The number of imidazole rings is 1. The van der Waals surface area contributed by atoms with Crippen molar-refractivity contribution in [3.63, 3.8) is 0 Å². The number of fused-ring (bicyclic) bond motifs is 1. The van der Waals surface area contributed by atoms with E-state index >= 15 is 0 Å². The van der Waals surface area contributed by atoms with Crippen LogP contribution in [-0.4, -0.2) is 29.2 Å². The SMILES string of the molecule is C=CCc1ccc(OCCCCn2c(C(C)NC(=O)CCC)nc3ccccc32)c(OC)c1. The topological polar surface area (TPSA) is 65.4 Å². The monoisotopic (exact) mass is 449 g/mol. The predicted molar refractivity (Wildman–Crippen MR) is 133 cm³/mol. The summed E-state index contributed by atoms with van der Waals surface area (Å²) in [7, 11) is 1.66. The minimum atomic E-state index is -0.147. The Bertz CT molecular complexity index is 1070. The Kier molecular flexibility index (Phi) is 8.93. The van der Waals surface area contributed by atoms with E-state index in [0.717, 1.165) is 66.1 Å². The standard InChI is InChI=1S/C27H35N3O3/c1-5-11-21-15-16-24(25(19-21)32-4)33-18-10-9-17-30-23-14-8-7-13-22(23)29-27(30)20(3)28-26(31)12-6-2/h5,7-8,13-16,19-20H,1,6,9-12,17-18H2,2-4H3,(H,28,31). The third kappa shape index (κ3) is 6.37. The first kappa shape index (κ1) is 24.4. The molecule has 0 fully saturated rings. The number of nitrogens with zero attached hydrogens (tertiary/aromatic N) is 2. The highest BCUT2D eigenvalue weighted by atomic mass is 16.5. The van der Waals surface area contributed by atoms with Crippen molar-refractivity contribution in [1.29, 1.82) is 0 Å². The molecular weight excluding hydrogens is 414 g/mol. The fourth-order valence-corrected chi connectivity index (χ4v) is 3.94. The van der Waals surface area contributed by atoms with E-state index in [0.29, 0.717) is 13.0 Å². The first-order chi connectivity index (χ1) is 16.1. The number of rotatable bonds is 13. The van der Waals surface area contributed by atoms with Gasteiger partial charge in [-0.15, -0.1) is 6.58 Å². The number of nitrogens with one attached hydrogen (secondary N) is 1. The second kappa shape index (κ2) is 12.1. The quantitative estimate of drug-likeness (QED) is 0.272. The largest absolute Gasteiger partial charge is 0.493 e. The highest BCUT2D eigenvalue weighted by molar-refractivity contribution is 5.78. The highest BCUT2D eigenvalue weighted by Crippen LogP contribution is 2.28. The van der Waals surface area contributed by atoms with Gasteiger partial charge in [-0.25, -0.2) is 4.98 Å². The van der Waals surface area contributed by atoms with Gasteiger partial charge >= 0.3 is 0 Å². The summed E-state index contributed by atoms with van der Waals surface area (Å²) in [5.74, 6) is 2.45. The number of amides is 1. The normalized spacial score (nSPS) is 11.8. The van der Waals surface area contributed by atoms with Crippen LogP contribution in [0.1, 0.15) is 57.0 Å². The van der Waals surface area contributed by atoms with E-state index < -0.39 is 0 Å². The van der Waals surface area contributed by atoms with Crippen LogP contribution in [0.3, 0.4) is 0 Å². The summed E-state index contributed by atoms with van der Waals surface area (Å²) >= 11 is 0. The smallest absolute Gasteiger partial charge is 0.220 e. The Hall–Kier alpha value is -3.28. The third-order valence-corrected chi connectivity index (χ3v) is 5.57. The number of ether oxygens (including phenoxy) is 2. The molecule has 3 aromatic rings. The third-order valence-electron chi connectivity index (χ3n) is 5.57. The van der Waals surface area contributed by atoms with Crippen LogP contribution in [0.15, 0.2) is 55.1 Å². The number of para-hydroxylation sites is 2. The summed E-state index contributed by atoms with van der Waals surface area (Å²) in [4.78, 5) is 16.9. The lowest BCUT2D eigenvalue weighted by molar-refractivity contribution is -0.121. The summed E-state index contributed by atoms with van der Waals surface area (Å²) < 4.78 is 13.7. The molecule has 0 radical (unpaired) electrons. The van der Waals surface area contributed by atoms with Crippen molar-refractivity contribution < 1.29 is 14.3 Å². The van der Waals surface area contributed by atoms with Crippen LogP contribution in [0, 0.1) is 0 Å². The van der Waals surface area contributed by atoms with Gasteiger partial charge in [0.15, 0.2) is 11.5 Å². The maximum absolute atomic E-state index is 12.1. The molecule has 0 saturated carbocycles. The first-order valence-electron chi connectivity index (χ1n) is 11.7. The highest BCUT2D eigenvalue weighted by Gasteiger charge is 2.18. The first-order valence-corrected chi connectivity index (χ1v) is 11.7. The fraction of sp³-hybridized carbons (Fsp3) is 0.407. The van der Waals surface area contributed by atoms with Gasteiger partial charge in [-0.1, -0.05) is 31.2 Å². The minimum Gasteiger partial charge on any atom is -0.493 e. The molecule has 176 valence electrons. The van der Waals surface area contributed by atoms with Crippen LogP contribution in [0.5, 0.6) is 11.5 Å². The van der Waals surface area contributed by atoms with E-state index in [1.807, 2.05) is 56.3 Å². The molecule has 33 heavy (non-hydrogen) atoms. The van der Waals surface area contributed by atoms with Gasteiger partial charge in [0.25, 0.3) is 0 Å². The number of methoxy groups -OCH3 is 1. The number of hydrogen-bond acceptors (Lipinski definition) is 4. The van der Waals surface area contributed by atoms with Crippen molar-refractivity contribution in [3.05, 3.63) is 66.5 Å². The molecule has 6 nitrogen and oxygen atoms in total. The number of aryl methyl sites for hydroxylation is 1. The molecule has 3 rings (SSSR count). The van der Waals surface area contributed by atoms with Crippen molar-refractivity contribution >= 4 is 16.9 Å². The molecule has 6 heteroatoms. The lowest BCUT2D eigenvalue weighted by atomic mass is 10.1. The van der Waals surface area contributed by atoms with Gasteiger partial charge in [0.05, 0.1) is 30.8 Å². The van der Waals surface area contributed by atoms with E-state index in [4.69, 9.17) is 14.5 Å². The number of hydrogen-bond donors (Lipinski definition) is 1. The zero-order chi connectivity index (χ0) is 23.6. The van der Waals surface area contributed by atoms with Crippen LogP contribution < -0.4 is 14.8 Å². The second-order valence-electron chi connectivity index (χ2n) is 8.18. The predicted octanol–water partition coefficient (Wildman–Crippen LogP) is 5.61. The lowest BCUT2D eigenvalue weighted by Crippen LogP contribution is -2.28. The summed E-state index contributed by atoms with van der Waals surface area (Å²) in [5, 5.41) is 3.08. The molecule has 0 aliphatic heterocycles. The Morgan fingerprint density at radius 2 is 2.03 bits per heavy atom. The van der Waals surface area contributed by atoms with Crippen LogP contribution in [0.25, 0.3) is 11.0 Å². The molecule has 1 unspecified atom stereocenters.